The molecular weight excluding hydrogens is 497 g/mol. The summed E-state index contributed by atoms with van der Waals surface area (Å²) in [6, 6.07) is -3.02. The monoisotopic (exact) mass is 533 g/mol. The molecule has 0 saturated carbocycles. The van der Waals surface area contributed by atoms with E-state index in [-0.39, 0.29) is 0 Å². The molecule has 3 rings (SSSR count). The van der Waals surface area contributed by atoms with Gasteiger partial charge in [-0.25, -0.2) is 4.57 Å². The van der Waals surface area contributed by atoms with Crippen molar-refractivity contribution >= 4 is 7.82 Å². The maximum atomic E-state index is 13.8. The third kappa shape index (κ3) is 6.04. The molecule has 0 spiro atoms. The lowest BCUT2D eigenvalue weighted by atomic mass is 9.98. The maximum absolute atomic E-state index is 13.8. The summed E-state index contributed by atoms with van der Waals surface area (Å²) in [7, 11) is -5.07. The van der Waals surface area contributed by atoms with Gasteiger partial charge in [0.25, 0.3) is 0 Å². The van der Waals surface area contributed by atoms with Crippen LogP contribution in [0.2, 0.25) is 0 Å². The SMILES string of the molecule is C[C@H]1O[C@H](OP(=O)(O[C@H]2O[C@H](C)[C@@H](N)[C@H](O)[C@H]2O)O[C@H]2O[C@H](C)[C@@H](N)[C@H](O)[C@H]2O)[C@H](O)[C@@H](O)[C@@H]1N. The molecule has 3 saturated heterocycles. The van der Waals surface area contributed by atoms with Gasteiger partial charge in [-0.1, -0.05) is 0 Å². The Morgan fingerprint density at radius 1 is 0.543 bits per heavy atom. The van der Waals surface area contributed by atoms with Crippen LogP contribution in [0.5, 0.6) is 0 Å². The molecule has 3 fully saturated rings. The van der Waals surface area contributed by atoms with Crippen LogP contribution in [0, 0.1) is 0 Å². The van der Waals surface area contributed by atoms with Gasteiger partial charge in [-0.3, -0.25) is 13.6 Å². The second kappa shape index (κ2) is 11.2. The van der Waals surface area contributed by atoms with E-state index in [0.717, 1.165) is 0 Å². The van der Waals surface area contributed by atoms with E-state index < -0.39 is 99.8 Å². The van der Waals surface area contributed by atoms with Crippen LogP contribution in [-0.2, 0) is 32.3 Å². The fourth-order valence-corrected chi connectivity index (χ4v) is 5.30. The summed E-state index contributed by atoms with van der Waals surface area (Å²) in [5, 5.41) is 61.6. The highest BCUT2D eigenvalue weighted by molar-refractivity contribution is 7.48. The lowest BCUT2D eigenvalue weighted by Gasteiger charge is -2.44. The molecule has 17 heteroatoms. The van der Waals surface area contributed by atoms with E-state index in [9.17, 15) is 35.2 Å². The number of phosphoric ester groups is 1. The Bertz CT molecular complexity index is 674. The standard InChI is InChI=1S/C18H36N3O13P/c1-4-7(19)10(22)13(25)16(29-4)32-35(28,33-17-14(26)11(23)8(20)5(2)30-17)34-18-15(27)12(24)9(21)6(3)31-18/h4-18,22-27H,19-21H2,1-3H3/t4-,5-,6-,7-,8-,9-,10+,11+,12+,13-,14-,15-,16-,17-,18-/m1/s1. The van der Waals surface area contributed by atoms with Crippen molar-refractivity contribution in [3.05, 3.63) is 0 Å². The Balaban J connectivity index is 1.87. The van der Waals surface area contributed by atoms with Crippen molar-refractivity contribution in [2.75, 3.05) is 0 Å². The molecule has 0 aliphatic carbocycles. The molecule has 0 amide bonds. The smallest absolute Gasteiger partial charge is 0.388 e. The molecule has 206 valence electrons. The van der Waals surface area contributed by atoms with Crippen molar-refractivity contribution in [3.63, 3.8) is 0 Å². The van der Waals surface area contributed by atoms with E-state index in [0.29, 0.717) is 0 Å². The first kappa shape index (κ1) is 29.2. The number of phosphoric acid groups is 1. The lowest BCUT2D eigenvalue weighted by molar-refractivity contribution is -0.280. The Hall–Kier alpha value is -0.370. The van der Waals surface area contributed by atoms with E-state index in [1.54, 1.807) is 0 Å². The number of aliphatic hydroxyl groups excluding tert-OH is 6. The second-order valence-corrected chi connectivity index (χ2v) is 10.6. The number of hydrogen-bond acceptors (Lipinski definition) is 16. The van der Waals surface area contributed by atoms with Crippen LogP contribution in [0.15, 0.2) is 0 Å². The summed E-state index contributed by atoms with van der Waals surface area (Å²) in [6.45, 7) is 4.39. The first-order valence-electron chi connectivity index (χ1n) is 11.1. The molecule has 0 aromatic carbocycles. The van der Waals surface area contributed by atoms with Gasteiger partial charge in [0.1, 0.15) is 36.6 Å². The number of aliphatic hydroxyl groups is 6. The molecule has 0 radical (unpaired) electrons. The van der Waals surface area contributed by atoms with Gasteiger partial charge in [0.05, 0.1) is 36.4 Å². The predicted octanol–water partition coefficient (Wildman–Crippen LogP) is -4.47. The van der Waals surface area contributed by atoms with Gasteiger partial charge in [0.15, 0.2) is 18.9 Å². The van der Waals surface area contributed by atoms with Crippen molar-refractivity contribution < 1.29 is 63.0 Å². The first-order chi connectivity index (χ1) is 16.2. The van der Waals surface area contributed by atoms with Gasteiger partial charge in [-0.05, 0) is 20.8 Å². The molecule has 0 unspecified atom stereocenters. The molecule has 12 N–H and O–H groups in total. The van der Waals surface area contributed by atoms with Gasteiger partial charge < -0.3 is 62.1 Å². The van der Waals surface area contributed by atoms with E-state index in [4.69, 9.17) is 45.0 Å². The fraction of sp³-hybridized carbons (Fsp3) is 1.00. The second-order valence-electron chi connectivity index (χ2n) is 9.07. The van der Waals surface area contributed by atoms with Crippen LogP contribution in [0.4, 0.5) is 0 Å². The van der Waals surface area contributed by atoms with Crippen molar-refractivity contribution in [2.45, 2.75) is 113 Å². The number of hydrogen-bond donors (Lipinski definition) is 9. The third-order valence-corrected chi connectivity index (χ3v) is 7.84. The molecule has 0 bridgehead atoms. The Kier molecular flexibility index (Phi) is 9.31. The minimum Gasteiger partial charge on any atom is -0.388 e. The maximum Gasteiger partial charge on any atom is 0.482 e. The molecular formula is C18H36N3O13P. The topological polar surface area (TPSA) is 272 Å². The number of nitrogens with two attached hydrogens (primary N) is 3. The zero-order valence-electron chi connectivity index (χ0n) is 19.4. The summed E-state index contributed by atoms with van der Waals surface area (Å²) in [5.74, 6) is 0. The molecule has 3 aliphatic rings. The highest BCUT2D eigenvalue weighted by Crippen LogP contribution is 2.55. The van der Waals surface area contributed by atoms with Crippen LogP contribution >= 0.6 is 7.82 Å². The zero-order valence-corrected chi connectivity index (χ0v) is 20.3. The third-order valence-electron chi connectivity index (χ3n) is 6.44. The normalized spacial score (nSPS) is 51.8. The summed E-state index contributed by atoms with van der Waals surface area (Å²) in [4.78, 5) is 0. The molecule has 16 nitrogen and oxygen atoms in total. The molecule has 35 heavy (non-hydrogen) atoms. The largest absolute Gasteiger partial charge is 0.482 e. The highest BCUT2D eigenvalue weighted by atomic mass is 31.2. The number of rotatable bonds is 6. The fourth-order valence-electron chi connectivity index (χ4n) is 3.87. The van der Waals surface area contributed by atoms with Crippen molar-refractivity contribution in [1.29, 1.82) is 0 Å². The van der Waals surface area contributed by atoms with Gasteiger partial charge in [0, 0.05) is 0 Å². The van der Waals surface area contributed by atoms with Crippen LogP contribution in [-0.4, -0.2) is 123 Å². The lowest BCUT2D eigenvalue weighted by Crippen LogP contribution is -2.62. The van der Waals surface area contributed by atoms with Crippen LogP contribution < -0.4 is 17.2 Å². The summed E-state index contributed by atoms with van der Waals surface area (Å²) < 4.78 is 45.8. The van der Waals surface area contributed by atoms with Gasteiger partial charge in [-0.2, -0.15) is 0 Å². The Labute approximate surface area is 201 Å². The quantitative estimate of drug-likeness (QED) is 0.146. The van der Waals surface area contributed by atoms with Gasteiger partial charge in [0.2, 0.25) is 0 Å². The minimum atomic E-state index is -5.07. The van der Waals surface area contributed by atoms with Crippen LogP contribution in [0.25, 0.3) is 0 Å². The van der Waals surface area contributed by atoms with E-state index in [1.807, 2.05) is 0 Å². The van der Waals surface area contributed by atoms with E-state index in [2.05, 4.69) is 0 Å². The average molecular weight is 533 g/mol. The summed E-state index contributed by atoms with van der Waals surface area (Å²) in [6.07, 6.45) is -18.2. The van der Waals surface area contributed by atoms with Crippen molar-refractivity contribution in [2.24, 2.45) is 17.2 Å². The molecule has 3 heterocycles. The highest BCUT2D eigenvalue weighted by Gasteiger charge is 2.52. The molecule has 3 aliphatic heterocycles. The molecule has 15 atom stereocenters. The Morgan fingerprint density at radius 3 is 1.00 bits per heavy atom. The number of ether oxygens (including phenoxy) is 3. The van der Waals surface area contributed by atoms with Crippen LogP contribution in [0.1, 0.15) is 20.8 Å². The van der Waals surface area contributed by atoms with Gasteiger partial charge >= 0.3 is 7.82 Å². The van der Waals surface area contributed by atoms with Crippen molar-refractivity contribution in [1.82, 2.24) is 0 Å². The van der Waals surface area contributed by atoms with Crippen molar-refractivity contribution in [3.8, 4) is 0 Å². The zero-order chi connectivity index (χ0) is 26.4. The van der Waals surface area contributed by atoms with E-state index >= 15 is 0 Å². The minimum absolute atomic E-state index is 0.875. The van der Waals surface area contributed by atoms with Crippen LogP contribution in [0.3, 0.4) is 0 Å². The first-order valence-corrected chi connectivity index (χ1v) is 12.6. The van der Waals surface area contributed by atoms with E-state index in [1.165, 1.54) is 20.8 Å². The average Bonchev–Trinajstić information content (AvgIpc) is 2.80. The van der Waals surface area contributed by atoms with Gasteiger partial charge in [-0.15, -0.1) is 0 Å². The summed E-state index contributed by atoms with van der Waals surface area (Å²) >= 11 is 0. The molecule has 0 aromatic rings. The summed E-state index contributed by atoms with van der Waals surface area (Å²) in [5.41, 5.74) is 17.3. The predicted molar refractivity (Wildman–Crippen MR) is 114 cm³/mol. The molecule has 0 aromatic heterocycles. The Morgan fingerprint density at radius 2 is 0.771 bits per heavy atom.